The molecule has 0 bridgehead atoms. The lowest BCUT2D eigenvalue weighted by Crippen LogP contribution is -2.92. The first-order valence-corrected chi connectivity index (χ1v) is 9.12. The number of nitrogens with two attached hydrogens (primary N) is 1. The van der Waals surface area contributed by atoms with Gasteiger partial charge in [0.1, 0.15) is 17.7 Å². The Morgan fingerprint density at radius 1 is 1.07 bits per heavy atom. The minimum atomic E-state index is -0.649. The van der Waals surface area contributed by atoms with Crippen molar-refractivity contribution in [2.45, 2.75) is 39.8 Å². The van der Waals surface area contributed by atoms with Crippen LogP contribution in [0.5, 0.6) is 0 Å². The first-order chi connectivity index (χ1) is 13.2. The van der Waals surface area contributed by atoms with Gasteiger partial charge in [0.15, 0.2) is 6.04 Å². The lowest BCUT2D eigenvalue weighted by Gasteiger charge is -2.17. The summed E-state index contributed by atoms with van der Waals surface area (Å²) in [6, 6.07) is 8.15. The number of hydrogen-bond donors (Lipinski definition) is 3. The van der Waals surface area contributed by atoms with Crippen molar-refractivity contribution in [3.63, 3.8) is 0 Å². The van der Waals surface area contributed by atoms with Gasteiger partial charge >= 0.3 is 0 Å². The van der Waals surface area contributed by atoms with E-state index in [1.165, 1.54) is 12.1 Å². The van der Waals surface area contributed by atoms with Gasteiger partial charge in [-0.15, -0.1) is 0 Å². The van der Waals surface area contributed by atoms with Crippen LogP contribution in [-0.4, -0.2) is 24.4 Å². The SMILES string of the molecule is Cc1cccc(C)c1NC(=O)CNC(=O)[C@H](C)[NH2+][C@@H](C)c1ccc(F)cc1F. The highest BCUT2D eigenvalue weighted by Crippen LogP contribution is 2.19. The lowest BCUT2D eigenvalue weighted by molar-refractivity contribution is -0.710. The van der Waals surface area contributed by atoms with Crippen LogP contribution in [0.25, 0.3) is 0 Å². The fourth-order valence-corrected chi connectivity index (χ4v) is 3.02. The molecule has 2 aromatic carbocycles. The number of carbonyl (C=O) groups is 2. The van der Waals surface area contributed by atoms with Gasteiger partial charge < -0.3 is 16.0 Å². The van der Waals surface area contributed by atoms with Crippen molar-refractivity contribution in [1.82, 2.24) is 5.32 Å². The molecule has 0 spiro atoms. The van der Waals surface area contributed by atoms with Crippen molar-refractivity contribution in [1.29, 1.82) is 0 Å². The van der Waals surface area contributed by atoms with E-state index >= 15 is 0 Å². The average Bonchev–Trinajstić information content (AvgIpc) is 2.62. The fourth-order valence-electron chi connectivity index (χ4n) is 3.02. The number of amides is 2. The maximum Gasteiger partial charge on any atom is 0.278 e. The monoisotopic (exact) mass is 390 g/mol. The van der Waals surface area contributed by atoms with Crippen molar-refractivity contribution in [2.75, 3.05) is 11.9 Å². The minimum absolute atomic E-state index is 0.163. The van der Waals surface area contributed by atoms with E-state index in [0.717, 1.165) is 22.9 Å². The molecule has 0 heterocycles. The number of nitrogens with one attached hydrogen (secondary N) is 2. The van der Waals surface area contributed by atoms with Gasteiger partial charge in [-0.1, -0.05) is 18.2 Å². The molecule has 7 heteroatoms. The number of quaternary nitrogens is 1. The highest BCUT2D eigenvalue weighted by atomic mass is 19.1. The average molecular weight is 390 g/mol. The molecule has 0 aromatic heterocycles. The molecule has 2 rings (SSSR count). The molecule has 2 atom stereocenters. The van der Waals surface area contributed by atoms with E-state index in [-0.39, 0.29) is 24.4 Å². The molecule has 28 heavy (non-hydrogen) atoms. The van der Waals surface area contributed by atoms with Crippen molar-refractivity contribution in [3.05, 3.63) is 64.7 Å². The Morgan fingerprint density at radius 2 is 1.71 bits per heavy atom. The molecule has 5 nitrogen and oxygen atoms in total. The summed E-state index contributed by atoms with van der Waals surface area (Å²) in [4.78, 5) is 24.4. The van der Waals surface area contributed by atoms with E-state index < -0.39 is 17.7 Å². The lowest BCUT2D eigenvalue weighted by atomic mass is 10.1. The van der Waals surface area contributed by atoms with Crippen LogP contribution >= 0.6 is 0 Å². The summed E-state index contributed by atoms with van der Waals surface area (Å²) in [7, 11) is 0. The molecular weight excluding hydrogens is 364 g/mol. The largest absolute Gasteiger partial charge is 0.342 e. The van der Waals surface area contributed by atoms with E-state index in [1.807, 2.05) is 32.0 Å². The van der Waals surface area contributed by atoms with Gasteiger partial charge in [-0.3, -0.25) is 9.59 Å². The number of aryl methyl sites for hydroxylation is 2. The zero-order valence-electron chi connectivity index (χ0n) is 16.5. The molecule has 0 saturated heterocycles. The van der Waals surface area contributed by atoms with Gasteiger partial charge in [0, 0.05) is 17.3 Å². The summed E-state index contributed by atoms with van der Waals surface area (Å²) in [5, 5.41) is 7.05. The van der Waals surface area contributed by atoms with E-state index in [1.54, 1.807) is 19.2 Å². The zero-order chi connectivity index (χ0) is 20.8. The molecule has 2 amide bonds. The van der Waals surface area contributed by atoms with Gasteiger partial charge in [0.25, 0.3) is 5.91 Å². The van der Waals surface area contributed by atoms with Crippen molar-refractivity contribution in [2.24, 2.45) is 0 Å². The summed E-state index contributed by atoms with van der Waals surface area (Å²) < 4.78 is 26.9. The van der Waals surface area contributed by atoms with E-state index in [2.05, 4.69) is 10.6 Å². The Morgan fingerprint density at radius 3 is 2.32 bits per heavy atom. The van der Waals surface area contributed by atoms with Crippen LogP contribution in [0.1, 0.15) is 36.6 Å². The first kappa shape index (κ1) is 21.5. The van der Waals surface area contributed by atoms with Crippen LogP contribution in [0.3, 0.4) is 0 Å². The Labute approximate surface area is 163 Å². The molecular formula is C21H26F2N3O2+. The van der Waals surface area contributed by atoms with Gasteiger partial charge in [-0.25, -0.2) is 8.78 Å². The van der Waals surface area contributed by atoms with Crippen LogP contribution in [0, 0.1) is 25.5 Å². The number of anilines is 1. The number of halogens is 2. The molecule has 0 radical (unpaired) electrons. The molecule has 150 valence electrons. The van der Waals surface area contributed by atoms with Gasteiger partial charge in [0.05, 0.1) is 6.54 Å². The van der Waals surface area contributed by atoms with Crippen LogP contribution in [-0.2, 0) is 9.59 Å². The Bertz CT molecular complexity index is 850. The Kier molecular flexibility index (Phi) is 7.23. The number of carbonyl (C=O) groups excluding carboxylic acids is 2. The summed E-state index contributed by atoms with van der Waals surface area (Å²) >= 11 is 0. The van der Waals surface area contributed by atoms with Crippen molar-refractivity contribution in [3.8, 4) is 0 Å². The summed E-state index contributed by atoms with van der Waals surface area (Å²) in [6.45, 7) is 7.02. The smallest absolute Gasteiger partial charge is 0.278 e. The number of rotatable bonds is 7. The van der Waals surface area contributed by atoms with Crippen molar-refractivity contribution >= 4 is 17.5 Å². The maximum atomic E-state index is 13.9. The molecule has 0 aliphatic heterocycles. The molecule has 2 aromatic rings. The summed E-state index contributed by atoms with van der Waals surface area (Å²) in [5.74, 6) is -1.96. The highest BCUT2D eigenvalue weighted by molar-refractivity contribution is 5.96. The van der Waals surface area contributed by atoms with E-state index in [4.69, 9.17) is 0 Å². The molecule has 0 unspecified atom stereocenters. The predicted molar refractivity (Wildman–Crippen MR) is 104 cm³/mol. The van der Waals surface area contributed by atoms with Crippen molar-refractivity contribution < 1.29 is 23.7 Å². The molecule has 0 aliphatic carbocycles. The molecule has 0 fully saturated rings. The number of para-hydroxylation sites is 1. The third-order valence-electron chi connectivity index (χ3n) is 4.61. The van der Waals surface area contributed by atoms with E-state index in [9.17, 15) is 18.4 Å². The second-order valence-corrected chi connectivity index (χ2v) is 6.97. The number of hydrogen-bond acceptors (Lipinski definition) is 2. The molecule has 4 N–H and O–H groups in total. The normalized spacial score (nSPS) is 12.9. The third kappa shape index (κ3) is 5.60. The van der Waals surface area contributed by atoms with Crippen LogP contribution in [0.15, 0.2) is 36.4 Å². The quantitative estimate of drug-likeness (QED) is 0.679. The predicted octanol–water partition coefficient (Wildman–Crippen LogP) is 2.35. The first-order valence-electron chi connectivity index (χ1n) is 9.12. The Balaban J connectivity index is 1.87. The topological polar surface area (TPSA) is 74.8 Å². The number of benzene rings is 2. The molecule has 0 aliphatic rings. The third-order valence-corrected chi connectivity index (χ3v) is 4.61. The minimum Gasteiger partial charge on any atom is -0.342 e. The maximum absolute atomic E-state index is 13.9. The van der Waals surface area contributed by atoms with Crippen LogP contribution < -0.4 is 16.0 Å². The standard InChI is InChI=1S/C21H25F2N3O2/c1-12-6-5-7-13(2)20(12)26-19(27)11-24-21(28)15(4)25-14(3)17-9-8-16(22)10-18(17)23/h5-10,14-15,25H,11H2,1-4H3,(H,24,28)(H,26,27)/p+1/t14-,15-/m0/s1. The van der Waals surface area contributed by atoms with E-state index in [0.29, 0.717) is 5.56 Å². The van der Waals surface area contributed by atoms with Gasteiger partial charge in [0.2, 0.25) is 5.91 Å². The summed E-state index contributed by atoms with van der Waals surface area (Å²) in [5.41, 5.74) is 2.93. The van der Waals surface area contributed by atoms with Crippen LogP contribution in [0.2, 0.25) is 0 Å². The second kappa shape index (κ2) is 9.41. The molecule has 0 saturated carbocycles. The highest BCUT2D eigenvalue weighted by Gasteiger charge is 2.22. The fraction of sp³-hybridized carbons (Fsp3) is 0.333. The summed E-state index contributed by atoms with van der Waals surface area (Å²) in [6.07, 6.45) is 0. The van der Waals surface area contributed by atoms with Gasteiger partial charge in [-0.05, 0) is 51.0 Å². The zero-order valence-corrected chi connectivity index (χ0v) is 16.5. The Hall–Kier alpha value is -2.80. The van der Waals surface area contributed by atoms with Crippen LogP contribution in [0.4, 0.5) is 14.5 Å². The van der Waals surface area contributed by atoms with Gasteiger partial charge in [-0.2, -0.15) is 0 Å². The second-order valence-electron chi connectivity index (χ2n) is 6.97.